The second-order valence-corrected chi connectivity index (χ2v) is 8.82. The largest absolute Gasteiger partial charge is 0.324 e. The highest BCUT2D eigenvalue weighted by Crippen LogP contribution is 2.29. The predicted octanol–water partition coefficient (Wildman–Crippen LogP) is 6.29. The molecule has 2 heterocycles. The summed E-state index contributed by atoms with van der Waals surface area (Å²) in [7, 11) is 0. The Labute approximate surface area is 201 Å². The van der Waals surface area contributed by atoms with E-state index in [0.29, 0.717) is 11.7 Å². The average Bonchev–Trinajstić information content (AvgIpc) is 3.25. The first-order valence-electron chi connectivity index (χ1n) is 11.6. The molecule has 0 fully saturated rings. The van der Waals surface area contributed by atoms with Crippen LogP contribution in [0, 0.1) is 0 Å². The van der Waals surface area contributed by atoms with E-state index in [0.717, 1.165) is 53.8 Å². The van der Waals surface area contributed by atoms with Crippen molar-refractivity contribution in [3.05, 3.63) is 72.6 Å². The number of nitrogens with one attached hydrogen (secondary N) is 1. The lowest BCUT2D eigenvalue weighted by molar-refractivity contribution is 0.621. The topological polar surface area (TPSA) is 81.1 Å². The zero-order valence-electron chi connectivity index (χ0n) is 19.8. The van der Waals surface area contributed by atoms with E-state index >= 15 is 0 Å². The van der Waals surface area contributed by atoms with E-state index in [1.807, 2.05) is 30.5 Å². The molecular formula is C26H34N6S. The van der Waals surface area contributed by atoms with Crippen molar-refractivity contribution in [2.45, 2.75) is 52.5 Å². The van der Waals surface area contributed by atoms with Crippen LogP contribution < -0.4 is 10.5 Å². The van der Waals surface area contributed by atoms with E-state index in [-0.39, 0.29) is 6.04 Å². The maximum Gasteiger partial charge on any atom is 0.254 e. The SMILES string of the molecule is C=C/C(=C\C=C(/CC)C(N)CCCC)c1nc2nc(NSCC)nn2cc1-c1ccccc1. The van der Waals surface area contributed by atoms with E-state index in [4.69, 9.17) is 10.7 Å². The third kappa shape index (κ3) is 6.33. The van der Waals surface area contributed by atoms with Crippen molar-refractivity contribution in [2.75, 3.05) is 10.5 Å². The molecule has 0 saturated heterocycles. The number of allylic oxidation sites excluding steroid dienone is 4. The second-order valence-electron chi connectivity index (χ2n) is 7.75. The lowest BCUT2D eigenvalue weighted by atomic mass is 9.97. The van der Waals surface area contributed by atoms with Crippen LogP contribution in [0.2, 0.25) is 0 Å². The summed E-state index contributed by atoms with van der Waals surface area (Å²) in [5, 5.41) is 4.54. The summed E-state index contributed by atoms with van der Waals surface area (Å²) in [5.41, 5.74) is 11.4. The van der Waals surface area contributed by atoms with E-state index in [1.165, 1.54) is 5.57 Å². The molecule has 0 aliphatic rings. The predicted molar refractivity (Wildman–Crippen MR) is 142 cm³/mol. The molecular weight excluding hydrogens is 428 g/mol. The highest BCUT2D eigenvalue weighted by Gasteiger charge is 2.15. The van der Waals surface area contributed by atoms with Gasteiger partial charge in [0.05, 0.1) is 5.69 Å². The Morgan fingerprint density at radius 2 is 1.97 bits per heavy atom. The first-order valence-corrected chi connectivity index (χ1v) is 12.6. The molecule has 0 aliphatic carbocycles. The number of anilines is 1. The van der Waals surface area contributed by atoms with E-state index in [2.05, 4.69) is 66.4 Å². The van der Waals surface area contributed by atoms with E-state index in [9.17, 15) is 0 Å². The summed E-state index contributed by atoms with van der Waals surface area (Å²) < 4.78 is 4.88. The van der Waals surface area contributed by atoms with Crippen molar-refractivity contribution >= 4 is 29.2 Å². The molecule has 3 aromatic rings. The van der Waals surface area contributed by atoms with Crippen LogP contribution in [0.25, 0.3) is 22.5 Å². The summed E-state index contributed by atoms with van der Waals surface area (Å²) in [4.78, 5) is 9.44. The smallest absolute Gasteiger partial charge is 0.254 e. The van der Waals surface area contributed by atoms with Crippen molar-refractivity contribution in [3.63, 3.8) is 0 Å². The molecule has 7 heteroatoms. The van der Waals surface area contributed by atoms with Gasteiger partial charge in [0, 0.05) is 29.1 Å². The first kappa shape index (κ1) is 24.7. The zero-order valence-corrected chi connectivity index (χ0v) is 20.6. The fourth-order valence-electron chi connectivity index (χ4n) is 3.60. The third-order valence-corrected chi connectivity index (χ3v) is 6.06. The molecule has 2 aromatic heterocycles. The molecule has 0 saturated carbocycles. The van der Waals surface area contributed by atoms with Crippen molar-refractivity contribution in [3.8, 4) is 11.1 Å². The minimum atomic E-state index is 0.0718. The highest BCUT2D eigenvalue weighted by atomic mass is 32.2. The lowest BCUT2D eigenvalue weighted by Crippen LogP contribution is -2.22. The number of hydrogen-bond acceptors (Lipinski definition) is 6. The molecule has 0 spiro atoms. The van der Waals surface area contributed by atoms with Crippen molar-refractivity contribution in [1.82, 2.24) is 19.6 Å². The Hall–Kier alpha value is -2.90. The molecule has 0 aliphatic heterocycles. The molecule has 1 unspecified atom stereocenters. The van der Waals surface area contributed by atoms with E-state index < -0.39 is 0 Å². The Morgan fingerprint density at radius 1 is 1.18 bits per heavy atom. The molecule has 174 valence electrons. The van der Waals surface area contributed by atoms with Crippen LogP contribution in [0.1, 0.15) is 52.1 Å². The van der Waals surface area contributed by atoms with Gasteiger partial charge in [0.15, 0.2) is 0 Å². The average molecular weight is 463 g/mol. The van der Waals surface area contributed by atoms with Crippen LogP contribution in [0.15, 0.2) is 66.9 Å². The van der Waals surface area contributed by atoms with Crippen molar-refractivity contribution in [2.24, 2.45) is 5.73 Å². The number of unbranched alkanes of at least 4 members (excludes halogenated alkanes) is 1. The molecule has 1 aromatic carbocycles. The number of nitrogens with two attached hydrogens (primary N) is 1. The van der Waals surface area contributed by atoms with Gasteiger partial charge in [0.2, 0.25) is 0 Å². The Kier molecular flexibility index (Phi) is 9.27. The van der Waals surface area contributed by atoms with Crippen LogP contribution in [-0.4, -0.2) is 31.4 Å². The van der Waals surface area contributed by atoms with Gasteiger partial charge >= 0.3 is 0 Å². The summed E-state index contributed by atoms with van der Waals surface area (Å²) in [6.07, 6.45) is 12.2. The minimum Gasteiger partial charge on any atom is -0.324 e. The Balaban J connectivity index is 2.09. The lowest BCUT2D eigenvalue weighted by Gasteiger charge is -2.14. The number of nitrogens with zero attached hydrogens (tertiary/aromatic N) is 4. The van der Waals surface area contributed by atoms with Gasteiger partial charge in [-0.25, -0.2) is 9.50 Å². The van der Waals surface area contributed by atoms with Gasteiger partial charge in [0.25, 0.3) is 11.7 Å². The van der Waals surface area contributed by atoms with Crippen LogP contribution >= 0.6 is 11.9 Å². The second kappa shape index (κ2) is 12.4. The Bertz CT molecular complexity index is 1120. The van der Waals surface area contributed by atoms with Gasteiger partial charge in [-0.05, 0) is 18.4 Å². The summed E-state index contributed by atoms with van der Waals surface area (Å²) in [6.45, 7) is 10.5. The monoisotopic (exact) mass is 462 g/mol. The summed E-state index contributed by atoms with van der Waals surface area (Å²) in [5.74, 6) is 2.00. The molecule has 0 amide bonds. The number of hydrogen-bond donors (Lipinski definition) is 2. The number of benzene rings is 1. The van der Waals surface area contributed by atoms with E-state index in [1.54, 1.807) is 16.5 Å². The normalized spacial score (nSPS) is 13.3. The highest BCUT2D eigenvalue weighted by molar-refractivity contribution is 8.00. The Morgan fingerprint density at radius 3 is 2.64 bits per heavy atom. The van der Waals surface area contributed by atoms with Crippen LogP contribution in [0.5, 0.6) is 0 Å². The maximum atomic E-state index is 6.45. The minimum absolute atomic E-state index is 0.0718. The first-order chi connectivity index (χ1) is 16.1. The molecule has 3 rings (SSSR count). The van der Waals surface area contributed by atoms with Crippen molar-refractivity contribution < 1.29 is 0 Å². The third-order valence-electron chi connectivity index (χ3n) is 5.45. The molecule has 33 heavy (non-hydrogen) atoms. The molecule has 0 bridgehead atoms. The van der Waals surface area contributed by atoms with Gasteiger partial charge in [-0.15, -0.1) is 5.10 Å². The number of fused-ring (bicyclic) bond motifs is 1. The van der Waals surface area contributed by atoms with Gasteiger partial charge < -0.3 is 5.73 Å². The fraction of sp³-hybridized carbons (Fsp3) is 0.346. The number of rotatable bonds is 12. The van der Waals surface area contributed by atoms with Crippen molar-refractivity contribution in [1.29, 1.82) is 0 Å². The van der Waals surface area contributed by atoms with Gasteiger partial charge in [0.1, 0.15) is 0 Å². The molecule has 0 radical (unpaired) electrons. The fourth-order valence-corrected chi connectivity index (χ4v) is 3.96. The quantitative estimate of drug-likeness (QED) is 0.243. The summed E-state index contributed by atoms with van der Waals surface area (Å²) in [6, 6.07) is 10.3. The maximum absolute atomic E-state index is 6.45. The standard InChI is InChI=1S/C26H34N6S/c1-5-9-15-23(27)19(6-2)16-17-20(7-3)24-22(21-13-11-10-12-14-21)18-32-26(28-24)29-25(30-32)31-33-8-4/h7,10-14,16-18,23H,3,5-6,8-9,15,27H2,1-2,4H3,(H,30,31)/b19-16+,20-17+. The van der Waals surface area contributed by atoms with Crippen LogP contribution in [-0.2, 0) is 0 Å². The van der Waals surface area contributed by atoms with Gasteiger partial charge in [-0.2, -0.15) is 4.98 Å². The van der Waals surface area contributed by atoms with Crippen LogP contribution in [0.3, 0.4) is 0 Å². The van der Waals surface area contributed by atoms with Crippen LogP contribution in [0.4, 0.5) is 5.95 Å². The molecule has 6 nitrogen and oxygen atoms in total. The zero-order chi connectivity index (χ0) is 23.6. The summed E-state index contributed by atoms with van der Waals surface area (Å²) >= 11 is 1.55. The van der Waals surface area contributed by atoms with Gasteiger partial charge in [-0.1, -0.05) is 106 Å². The molecule has 1 atom stereocenters. The number of aromatic nitrogens is 4. The molecule has 3 N–H and O–H groups in total. The van der Waals surface area contributed by atoms with Gasteiger partial charge in [-0.3, -0.25) is 4.72 Å².